The number of benzene rings is 4. The van der Waals surface area contributed by atoms with Crippen LogP contribution in [-0.4, -0.2) is 72.3 Å². The van der Waals surface area contributed by atoms with Crippen LogP contribution < -0.4 is 32.0 Å². The highest BCUT2D eigenvalue weighted by atomic mass is 79.9. The first kappa shape index (κ1) is 39.7. The number of piperidine rings is 2. The minimum absolute atomic E-state index is 0.333. The number of rotatable bonds is 8. The van der Waals surface area contributed by atoms with Gasteiger partial charge in [0.2, 0.25) is 0 Å². The maximum atomic E-state index is 6.11. The molecule has 6 aromatic rings. The van der Waals surface area contributed by atoms with E-state index < -0.39 is 0 Å². The van der Waals surface area contributed by atoms with Gasteiger partial charge in [-0.25, -0.2) is 9.97 Å². The topological polar surface area (TPSA) is 141 Å². The van der Waals surface area contributed by atoms with Crippen LogP contribution in [0.5, 0.6) is 11.5 Å². The van der Waals surface area contributed by atoms with Gasteiger partial charge in [-0.3, -0.25) is 0 Å². The zero-order chi connectivity index (χ0) is 38.6. The number of nitrogen functional groups attached to an aromatic ring is 2. The van der Waals surface area contributed by atoms with Crippen LogP contribution in [0.4, 0.5) is 17.3 Å². The van der Waals surface area contributed by atoms with Gasteiger partial charge in [0.1, 0.15) is 35.3 Å². The Morgan fingerprint density at radius 3 is 1.58 bits per heavy atom. The molecule has 11 heteroatoms. The molecule has 0 atom stereocenters. The number of aromatic nitrogens is 2. The van der Waals surface area contributed by atoms with E-state index in [9.17, 15) is 0 Å². The summed E-state index contributed by atoms with van der Waals surface area (Å²) in [5.41, 5.74) is 20.6. The number of halogens is 1. The maximum Gasteiger partial charge on any atom is 0.131 e. The quantitative estimate of drug-likeness (QED) is 0.119. The Hall–Kier alpha value is -4.94. The first-order chi connectivity index (χ1) is 26.7. The summed E-state index contributed by atoms with van der Waals surface area (Å²) in [6, 6.07) is 32.5. The number of fused-ring (bicyclic) bond motifs is 2. The lowest BCUT2D eigenvalue weighted by Gasteiger charge is -2.29. The number of hydrogen-bond acceptors (Lipinski definition) is 10. The van der Waals surface area contributed by atoms with Gasteiger partial charge in [0.15, 0.2) is 0 Å². The Morgan fingerprint density at radius 2 is 1.09 bits per heavy atom. The normalized spacial score (nSPS) is 15.4. The molecule has 0 radical (unpaired) electrons. The molecule has 4 aromatic carbocycles. The summed E-state index contributed by atoms with van der Waals surface area (Å²) in [4.78, 5) is 12.8. The molecule has 0 aliphatic carbocycles. The van der Waals surface area contributed by atoms with Crippen molar-refractivity contribution >= 4 is 54.8 Å². The zero-order valence-electron chi connectivity index (χ0n) is 31.8. The summed E-state index contributed by atoms with van der Waals surface area (Å²) < 4.78 is 13.1. The van der Waals surface area contributed by atoms with E-state index in [2.05, 4.69) is 79.4 Å². The average Bonchev–Trinajstić information content (AvgIpc) is 3.21. The molecule has 0 saturated carbocycles. The van der Waals surface area contributed by atoms with Crippen molar-refractivity contribution in [1.29, 1.82) is 0 Å². The largest absolute Gasteiger partial charge is 0.490 e. The third kappa shape index (κ3) is 11.8. The summed E-state index contributed by atoms with van der Waals surface area (Å²) in [5.74, 6) is 3.07. The van der Waals surface area contributed by atoms with Gasteiger partial charge in [0.25, 0.3) is 0 Å². The molecule has 0 spiro atoms. The Morgan fingerprint density at radius 1 is 0.636 bits per heavy atom. The molecule has 288 valence electrons. The second-order valence-electron chi connectivity index (χ2n) is 14.3. The Kier molecular flexibility index (Phi) is 14.2. The van der Waals surface area contributed by atoms with E-state index in [-0.39, 0.29) is 0 Å². The molecule has 2 aliphatic rings. The summed E-state index contributed by atoms with van der Waals surface area (Å²) >= 11 is 3.42. The van der Waals surface area contributed by atoms with Crippen LogP contribution >= 0.6 is 15.9 Å². The first-order valence-corrected chi connectivity index (χ1v) is 19.8. The van der Waals surface area contributed by atoms with Crippen molar-refractivity contribution in [3.63, 3.8) is 0 Å². The van der Waals surface area contributed by atoms with E-state index in [1.54, 1.807) is 12.4 Å². The van der Waals surface area contributed by atoms with E-state index in [1.165, 1.54) is 5.56 Å². The standard InChI is InChI=1S/C22H26N4O.C12H16BrNO.C10H11N3/c1-26-12-9-20(10-13-26)27-19-5-3-18(4-6-19)25-15-16-2-7-21-17(14-16)8-11-24-22(21)23;1-14-8-6-12(7-9-14)15-11-4-2-10(13)3-5-11;11-6-7-1-2-9-8(5-7)3-4-13-10(9)12/h2-8,11,14,20,25H,9-10,12-13,15H2,1H3,(H2,23,24);2-5,12H,6-9H2,1H3;1-5H,6,11H2,(H2,12,13). The van der Waals surface area contributed by atoms with Gasteiger partial charge < -0.3 is 41.8 Å². The predicted octanol–water partition coefficient (Wildman–Crippen LogP) is 8.10. The Bertz CT molecular complexity index is 2100. The smallest absolute Gasteiger partial charge is 0.131 e. The molecule has 0 bridgehead atoms. The fraction of sp³-hybridized carbons (Fsp3) is 0.318. The summed E-state index contributed by atoms with van der Waals surface area (Å²) in [7, 11) is 4.33. The molecule has 2 saturated heterocycles. The number of hydrogen-bond donors (Lipinski definition) is 4. The molecule has 2 fully saturated rings. The fourth-order valence-electron chi connectivity index (χ4n) is 6.70. The van der Waals surface area contributed by atoms with Crippen LogP contribution in [0.2, 0.25) is 0 Å². The van der Waals surface area contributed by atoms with Gasteiger partial charge in [-0.1, -0.05) is 40.2 Å². The maximum absolute atomic E-state index is 6.11. The van der Waals surface area contributed by atoms with Crippen LogP contribution in [0, 0.1) is 0 Å². The molecule has 0 amide bonds. The van der Waals surface area contributed by atoms with E-state index in [1.807, 2.05) is 72.8 Å². The van der Waals surface area contributed by atoms with Crippen molar-refractivity contribution in [2.24, 2.45) is 5.73 Å². The van der Waals surface area contributed by atoms with Gasteiger partial charge in [0, 0.05) is 72.6 Å². The molecule has 7 N–H and O–H groups in total. The monoisotopic (exact) mass is 804 g/mol. The SMILES string of the molecule is CN1CCC(Oc2ccc(Br)cc2)CC1.CN1CCC(Oc2ccc(NCc3ccc4c(N)nccc4c3)cc2)CC1.NCc1ccc2c(N)nccc2c1. The van der Waals surface area contributed by atoms with Crippen LogP contribution in [0.15, 0.2) is 114 Å². The minimum atomic E-state index is 0.333. The molecule has 2 aliphatic heterocycles. The third-order valence-corrected chi connectivity index (χ3v) is 10.6. The Labute approximate surface area is 333 Å². The van der Waals surface area contributed by atoms with Gasteiger partial charge in [-0.2, -0.15) is 0 Å². The van der Waals surface area contributed by atoms with Crippen LogP contribution in [0.25, 0.3) is 21.5 Å². The number of ether oxygens (including phenoxy) is 2. The number of nitrogens with two attached hydrogens (primary N) is 3. The van der Waals surface area contributed by atoms with Crippen molar-refractivity contribution in [1.82, 2.24) is 19.8 Å². The van der Waals surface area contributed by atoms with Gasteiger partial charge in [0.05, 0.1) is 0 Å². The molecule has 8 rings (SSSR count). The first-order valence-electron chi connectivity index (χ1n) is 19.0. The molecular weight excluding hydrogens is 752 g/mol. The highest BCUT2D eigenvalue weighted by Gasteiger charge is 2.19. The van der Waals surface area contributed by atoms with Crippen molar-refractivity contribution in [3.05, 3.63) is 125 Å². The van der Waals surface area contributed by atoms with E-state index in [4.69, 9.17) is 26.7 Å². The van der Waals surface area contributed by atoms with E-state index in [0.29, 0.717) is 30.4 Å². The predicted molar refractivity (Wildman–Crippen MR) is 230 cm³/mol. The average molecular weight is 806 g/mol. The fourth-order valence-corrected chi connectivity index (χ4v) is 6.96. The molecule has 2 aromatic heterocycles. The van der Waals surface area contributed by atoms with Crippen LogP contribution in [-0.2, 0) is 13.1 Å². The van der Waals surface area contributed by atoms with Crippen molar-refractivity contribution in [2.45, 2.75) is 51.0 Å². The van der Waals surface area contributed by atoms with Crippen molar-refractivity contribution < 1.29 is 9.47 Å². The highest BCUT2D eigenvalue weighted by molar-refractivity contribution is 9.10. The second-order valence-corrected chi connectivity index (χ2v) is 15.2. The summed E-state index contributed by atoms with van der Waals surface area (Å²) in [5, 5.41) is 7.66. The number of pyridine rings is 2. The lowest BCUT2D eigenvalue weighted by molar-refractivity contribution is 0.114. The molecule has 10 nitrogen and oxygen atoms in total. The van der Waals surface area contributed by atoms with E-state index >= 15 is 0 Å². The number of anilines is 3. The Balaban J connectivity index is 0.000000155. The van der Waals surface area contributed by atoms with E-state index in [0.717, 1.165) is 107 Å². The molecular formula is C44H53BrN8O2. The zero-order valence-corrected chi connectivity index (χ0v) is 33.4. The summed E-state index contributed by atoms with van der Waals surface area (Å²) in [6.45, 7) is 5.81. The lowest BCUT2D eigenvalue weighted by atomic mass is 10.1. The molecule has 55 heavy (non-hydrogen) atoms. The second kappa shape index (κ2) is 19.6. The summed E-state index contributed by atoms with van der Waals surface area (Å²) in [6.07, 6.45) is 8.63. The number of nitrogens with zero attached hydrogens (tertiary/aromatic N) is 4. The number of nitrogens with one attached hydrogen (secondary N) is 1. The van der Waals surface area contributed by atoms with Gasteiger partial charge in [-0.15, -0.1) is 0 Å². The third-order valence-electron chi connectivity index (χ3n) is 10.1. The van der Waals surface area contributed by atoms with Gasteiger partial charge >= 0.3 is 0 Å². The number of likely N-dealkylation sites (tertiary alicyclic amines) is 2. The molecule has 0 unspecified atom stereocenters. The van der Waals surface area contributed by atoms with Crippen molar-refractivity contribution in [2.75, 3.05) is 57.1 Å². The lowest BCUT2D eigenvalue weighted by Crippen LogP contribution is -2.35. The highest BCUT2D eigenvalue weighted by Crippen LogP contribution is 2.24. The van der Waals surface area contributed by atoms with Crippen LogP contribution in [0.3, 0.4) is 0 Å². The van der Waals surface area contributed by atoms with Crippen LogP contribution in [0.1, 0.15) is 36.8 Å². The minimum Gasteiger partial charge on any atom is -0.490 e. The molecule has 4 heterocycles. The van der Waals surface area contributed by atoms with Gasteiger partial charge in [-0.05, 0) is 134 Å². The van der Waals surface area contributed by atoms with Crippen molar-refractivity contribution in [3.8, 4) is 11.5 Å².